The fourth-order valence-electron chi connectivity index (χ4n) is 5.02. The Morgan fingerprint density at radius 3 is 2.44 bits per heavy atom. The van der Waals surface area contributed by atoms with Crippen LogP contribution in [0.3, 0.4) is 0 Å². The number of benzene rings is 2. The average Bonchev–Trinajstić information content (AvgIpc) is 2.82. The van der Waals surface area contributed by atoms with Crippen LogP contribution in [0.1, 0.15) is 36.2 Å². The van der Waals surface area contributed by atoms with Crippen LogP contribution in [-0.4, -0.2) is 53.8 Å². The van der Waals surface area contributed by atoms with Crippen molar-refractivity contribution in [1.29, 1.82) is 0 Å². The molecule has 0 unspecified atom stereocenters. The van der Waals surface area contributed by atoms with E-state index in [0.29, 0.717) is 0 Å². The molecule has 1 fully saturated rings. The van der Waals surface area contributed by atoms with Crippen molar-refractivity contribution in [3.63, 3.8) is 0 Å². The van der Waals surface area contributed by atoms with Gasteiger partial charge in [-0.1, -0.05) is 26.0 Å². The number of hydrogen-bond acceptors (Lipinski definition) is 4. The van der Waals surface area contributed by atoms with Crippen molar-refractivity contribution in [3.05, 3.63) is 64.8 Å². The minimum atomic E-state index is -1.00. The quantitative estimate of drug-likeness (QED) is 0.462. The number of aryl methyl sites for hydroxylation is 2. The minimum Gasteiger partial charge on any atom is -0.465 e. The van der Waals surface area contributed by atoms with E-state index in [9.17, 15) is 9.90 Å². The van der Waals surface area contributed by atoms with Crippen LogP contribution in [-0.2, 0) is 19.3 Å². The summed E-state index contributed by atoms with van der Waals surface area (Å²) in [6.45, 7) is 11.3. The number of nitrogens with one attached hydrogen (secondary N) is 1. The van der Waals surface area contributed by atoms with Gasteiger partial charge in [0, 0.05) is 55.2 Å². The third-order valence-corrected chi connectivity index (χ3v) is 6.74. The zero-order valence-corrected chi connectivity index (χ0v) is 21.1. The zero-order chi connectivity index (χ0) is 23.4. The second kappa shape index (κ2) is 11.5. The average molecular weight is 483 g/mol. The summed E-state index contributed by atoms with van der Waals surface area (Å²) < 4.78 is 0. The Bertz CT molecular complexity index is 1140. The fraction of sp³-hybridized carbons (Fsp3) is 0.407. The maximum Gasteiger partial charge on any atom is 0.409 e. The minimum absolute atomic E-state index is 0. The summed E-state index contributed by atoms with van der Waals surface area (Å²) in [7, 11) is 0. The number of hydrogen-bond donors (Lipinski definition) is 2. The van der Waals surface area contributed by atoms with Gasteiger partial charge < -0.3 is 10.0 Å². The van der Waals surface area contributed by atoms with Crippen LogP contribution >= 0.6 is 12.4 Å². The Kier molecular flexibility index (Phi) is 8.75. The van der Waals surface area contributed by atoms with Gasteiger partial charge in [-0.05, 0) is 73.2 Å². The summed E-state index contributed by atoms with van der Waals surface area (Å²) in [5, 5.41) is 13.0. The fourth-order valence-corrected chi connectivity index (χ4v) is 5.02. The number of rotatable bonds is 7. The monoisotopic (exact) mass is 482 g/mol. The van der Waals surface area contributed by atoms with Crippen molar-refractivity contribution in [3.8, 4) is 0 Å². The van der Waals surface area contributed by atoms with Gasteiger partial charge in [-0.25, -0.2) is 4.79 Å². The predicted molar refractivity (Wildman–Crippen MR) is 143 cm³/mol. The van der Waals surface area contributed by atoms with Gasteiger partial charge in [-0.3, -0.25) is 15.2 Å². The number of halogens is 1. The van der Waals surface area contributed by atoms with E-state index in [1.165, 1.54) is 22.2 Å². The second-order valence-corrected chi connectivity index (χ2v) is 8.74. The van der Waals surface area contributed by atoms with Crippen LogP contribution < -0.4 is 10.2 Å². The summed E-state index contributed by atoms with van der Waals surface area (Å²) in [6.07, 6.45) is 1.72. The van der Waals surface area contributed by atoms with Gasteiger partial charge in [0.15, 0.2) is 0 Å². The molecular weight excluding hydrogens is 448 g/mol. The molecule has 1 saturated heterocycles. The van der Waals surface area contributed by atoms with Crippen molar-refractivity contribution in [1.82, 2.24) is 9.88 Å². The normalized spacial score (nSPS) is 14.1. The molecule has 1 aliphatic rings. The Morgan fingerprint density at radius 2 is 1.76 bits per heavy atom. The maximum absolute atomic E-state index is 11.2. The largest absolute Gasteiger partial charge is 0.465 e. The van der Waals surface area contributed by atoms with Gasteiger partial charge >= 0.3 is 6.09 Å². The lowest BCUT2D eigenvalue weighted by Gasteiger charge is -2.36. The van der Waals surface area contributed by atoms with E-state index in [0.717, 1.165) is 74.4 Å². The van der Waals surface area contributed by atoms with Crippen molar-refractivity contribution >= 4 is 40.8 Å². The molecule has 34 heavy (non-hydrogen) atoms. The molecule has 1 aromatic heterocycles. The molecule has 1 amide bonds. The molecule has 1 aliphatic heterocycles. The number of anilines is 2. The van der Waals surface area contributed by atoms with Gasteiger partial charge in [-0.15, -0.1) is 12.4 Å². The molecule has 0 radical (unpaired) electrons. The molecule has 0 atom stereocenters. The number of piperazine rings is 1. The standard InChI is InChI=1S/C27H34N4O2.ClH/c1-4-20-10-12-25(29-27(32)33)21(5-2)22(20)13-14-30-15-17-31(18-16-30)26-8-6-7-24-23(26)11-9-19(3)28-24;/h6-12,29H,4-5,13-18H2,1-3H3,(H,32,33);1H. The van der Waals surface area contributed by atoms with E-state index >= 15 is 0 Å². The number of aromatic nitrogens is 1. The van der Waals surface area contributed by atoms with E-state index in [4.69, 9.17) is 0 Å². The third kappa shape index (κ3) is 5.62. The second-order valence-electron chi connectivity index (χ2n) is 8.74. The lowest BCUT2D eigenvalue weighted by atomic mass is 9.93. The molecule has 6 nitrogen and oxygen atoms in total. The van der Waals surface area contributed by atoms with E-state index in [-0.39, 0.29) is 12.4 Å². The molecule has 0 aliphatic carbocycles. The Labute approximate surface area is 208 Å². The Balaban J connectivity index is 0.00000324. The van der Waals surface area contributed by atoms with E-state index in [2.05, 4.69) is 70.3 Å². The number of fused-ring (bicyclic) bond motifs is 1. The molecular formula is C27H35ClN4O2. The predicted octanol–water partition coefficient (Wildman–Crippen LogP) is 5.54. The zero-order valence-electron chi connectivity index (χ0n) is 20.3. The highest BCUT2D eigenvalue weighted by Gasteiger charge is 2.20. The smallest absolute Gasteiger partial charge is 0.409 e. The summed E-state index contributed by atoms with van der Waals surface area (Å²) in [6, 6.07) is 14.7. The summed E-state index contributed by atoms with van der Waals surface area (Å²) >= 11 is 0. The number of pyridine rings is 1. The highest BCUT2D eigenvalue weighted by atomic mass is 35.5. The first-order valence-corrected chi connectivity index (χ1v) is 12.0. The number of nitrogens with zero attached hydrogens (tertiary/aromatic N) is 3. The summed E-state index contributed by atoms with van der Waals surface area (Å²) in [5.41, 5.74) is 7.86. The molecule has 0 bridgehead atoms. The molecule has 2 heterocycles. The molecule has 3 aromatic rings. The van der Waals surface area contributed by atoms with E-state index in [1.807, 2.05) is 13.0 Å². The first kappa shape index (κ1) is 25.8. The van der Waals surface area contributed by atoms with Gasteiger partial charge in [0.2, 0.25) is 0 Å². The topological polar surface area (TPSA) is 68.7 Å². The summed E-state index contributed by atoms with van der Waals surface area (Å²) in [4.78, 5) is 20.9. The van der Waals surface area contributed by atoms with Gasteiger partial charge in [0.05, 0.1) is 5.52 Å². The van der Waals surface area contributed by atoms with E-state index in [1.54, 1.807) is 0 Å². The lowest BCUT2D eigenvalue weighted by molar-refractivity contribution is 0.209. The van der Waals surface area contributed by atoms with Crippen molar-refractivity contribution in [2.24, 2.45) is 0 Å². The Hall–Kier alpha value is -2.83. The highest BCUT2D eigenvalue weighted by Crippen LogP contribution is 2.28. The Morgan fingerprint density at radius 1 is 1.00 bits per heavy atom. The number of carbonyl (C=O) groups is 1. The van der Waals surface area contributed by atoms with Crippen LogP contribution in [0.4, 0.5) is 16.2 Å². The summed E-state index contributed by atoms with van der Waals surface area (Å²) in [5.74, 6) is 0. The van der Waals surface area contributed by atoms with Crippen molar-refractivity contribution in [2.75, 3.05) is 42.9 Å². The molecule has 182 valence electrons. The van der Waals surface area contributed by atoms with Crippen LogP contribution in [0.5, 0.6) is 0 Å². The van der Waals surface area contributed by atoms with Crippen LogP contribution in [0.15, 0.2) is 42.5 Å². The van der Waals surface area contributed by atoms with Crippen LogP contribution in [0.25, 0.3) is 10.9 Å². The van der Waals surface area contributed by atoms with Gasteiger partial charge in [-0.2, -0.15) is 0 Å². The molecule has 0 saturated carbocycles. The molecule has 7 heteroatoms. The van der Waals surface area contributed by atoms with Crippen LogP contribution in [0, 0.1) is 6.92 Å². The first-order valence-electron chi connectivity index (χ1n) is 12.0. The lowest BCUT2D eigenvalue weighted by Crippen LogP contribution is -2.47. The molecule has 2 aromatic carbocycles. The molecule has 2 N–H and O–H groups in total. The molecule has 4 rings (SSSR count). The number of amides is 1. The third-order valence-electron chi connectivity index (χ3n) is 6.74. The molecule has 0 spiro atoms. The SMILES string of the molecule is CCc1ccc(NC(=O)O)c(CC)c1CCN1CCN(c2cccc3nc(C)ccc23)CC1.Cl. The first-order chi connectivity index (χ1) is 16.0. The maximum atomic E-state index is 11.2. The van der Waals surface area contributed by atoms with Crippen molar-refractivity contribution in [2.45, 2.75) is 40.0 Å². The van der Waals surface area contributed by atoms with Gasteiger partial charge in [0.25, 0.3) is 0 Å². The highest BCUT2D eigenvalue weighted by molar-refractivity contribution is 5.92. The number of carboxylic acid groups (broad SMARTS) is 1. The van der Waals surface area contributed by atoms with Crippen molar-refractivity contribution < 1.29 is 9.90 Å². The van der Waals surface area contributed by atoms with E-state index < -0.39 is 6.09 Å². The van der Waals surface area contributed by atoms with Crippen LogP contribution in [0.2, 0.25) is 0 Å². The van der Waals surface area contributed by atoms with Gasteiger partial charge in [0.1, 0.15) is 0 Å².